The van der Waals surface area contributed by atoms with Crippen molar-refractivity contribution in [1.82, 2.24) is 10.1 Å². The number of nitrogen functional groups attached to an aromatic ring is 1. The van der Waals surface area contributed by atoms with Crippen molar-refractivity contribution >= 4 is 38.2 Å². The molecule has 21 heavy (non-hydrogen) atoms. The van der Waals surface area contributed by atoms with Crippen molar-refractivity contribution in [1.29, 1.82) is 0 Å². The highest BCUT2D eigenvalue weighted by molar-refractivity contribution is 9.10. The van der Waals surface area contributed by atoms with Crippen LogP contribution in [0.1, 0.15) is 17.0 Å². The minimum Gasteiger partial charge on any atom is -0.396 e. The van der Waals surface area contributed by atoms with E-state index < -0.39 is 0 Å². The summed E-state index contributed by atoms with van der Waals surface area (Å²) in [6.07, 6.45) is 1.67. The molecule has 2 heterocycles. The van der Waals surface area contributed by atoms with Gasteiger partial charge in [0.1, 0.15) is 5.76 Å². The molecule has 0 spiro atoms. The predicted octanol–water partition coefficient (Wildman–Crippen LogP) is 3.80. The van der Waals surface area contributed by atoms with E-state index in [-0.39, 0.29) is 0 Å². The number of nitrogens with zero attached hydrogens (tertiary/aromatic N) is 2. The van der Waals surface area contributed by atoms with Crippen LogP contribution in [0.3, 0.4) is 0 Å². The molecule has 3 aromatic rings. The number of fused-ring (bicyclic) bond motifs is 1. The molecule has 0 saturated carbocycles. The van der Waals surface area contributed by atoms with Crippen molar-refractivity contribution in [3.05, 3.63) is 45.9 Å². The zero-order chi connectivity index (χ0) is 15.0. The van der Waals surface area contributed by atoms with Gasteiger partial charge in [-0.15, -0.1) is 0 Å². The maximum atomic E-state index is 6.07. The molecule has 3 N–H and O–H groups in total. The Morgan fingerprint density at radius 3 is 2.86 bits per heavy atom. The van der Waals surface area contributed by atoms with E-state index in [0.717, 1.165) is 38.1 Å². The highest BCUT2D eigenvalue weighted by atomic mass is 79.9. The van der Waals surface area contributed by atoms with Crippen LogP contribution in [0.15, 0.2) is 33.4 Å². The molecule has 108 valence electrons. The molecule has 6 heteroatoms. The molecule has 0 amide bonds. The Morgan fingerprint density at radius 1 is 1.33 bits per heavy atom. The molecular formula is C15H15BrN4O. The number of halogens is 1. The number of benzene rings is 1. The van der Waals surface area contributed by atoms with Crippen molar-refractivity contribution in [2.24, 2.45) is 0 Å². The topological polar surface area (TPSA) is 77.0 Å². The summed E-state index contributed by atoms with van der Waals surface area (Å²) in [6, 6.07) is 5.93. The summed E-state index contributed by atoms with van der Waals surface area (Å²) >= 11 is 3.48. The molecule has 0 aliphatic rings. The van der Waals surface area contributed by atoms with Crippen LogP contribution in [0.25, 0.3) is 10.9 Å². The maximum Gasteiger partial charge on any atom is 0.138 e. The standard InChI is InChI=1S/C15H15BrN4O/c1-8-12(9(2)21-20-8)6-19-15-11-5-10(16)3-4-14(11)18-7-13(15)17/h3-5,7H,6,17H2,1-2H3,(H,18,19). The lowest BCUT2D eigenvalue weighted by Crippen LogP contribution is -2.05. The van der Waals surface area contributed by atoms with Crippen molar-refractivity contribution in [3.8, 4) is 0 Å². The zero-order valence-electron chi connectivity index (χ0n) is 11.8. The molecule has 0 fully saturated rings. The number of aryl methyl sites for hydroxylation is 2. The van der Waals surface area contributed by atoms with E-state index in [4.69, 9.17) is 10.3 Å². The third-order valence-electron chi connectivity index (χ3n) is 3.48. The number of nitrogens with two attached hydrogens (primary N) is 1. The Bertz CT molecular complexity index is 788. The van der Waals surface area contributed by atoms with Gasteiger partial charge in [0.05, 0.1) is 28.8 Å². The third-order valence-corrected chi connectivity index (χ3v) is 3.98. The molecule has 1 aromatic carbocycles. The van der Waals surface area contributed by atoms with Crippen molar-refractivity contribution in [2.75, 3.05) is 11.1 Å². The van der Waals surface area contributed by atoms with E-state index in [2.05, 4.69) is 31.4 Å². The van der Waals surface area contributed by atoms with E-state index in [1.54, 1.807) is 6.20 Å². The van der Waals surface area contributed by atoms with Crippen LogP contribution >= 0.6 is 15.9 Å². The van der Waals surface area contributed by atoms with Gasteiger partial charge in [-0.25, -0.2) is 0 Å². The van der Waals surface area contributed by atoms with Crippen LogP contribution in [0.5, 0.6) is 0 Å². The first-order valence-electron chi connectivity index (χ1n) is 6.55. The van der Waals surface area contributed by atoms with Crippen LogP contribution in [0.4, 0.5) is 11.4 Å². The summed E-state index contributed by atoms with van der Waals surface area (Å²) in [6.45, 7) is 4.44. The fourth-order valence-electron chi connectivity index (χ4n) is 2.31. The number of hydrogen-bond acceptors (Lipinski definition) is 5. The molecule has 0 aliphatic heterocycles. The summed E-state index contributed by atoms with van der Waals surface area (Å²) < 4.78 is 6.17. The van der Waals surface area contributed by atoms with Gasteiger partial charge in [0.2, 0.25) is 0 Å². The van der Waals surface area contributed by atoms with Crippen LogP contribution in [0.2, 0.25) is 0 Å². The second-order valence-electron chi connectivity index (χ2n) is 4.91. The van der Waals surface area contributed by atoms with Gasteiger partial charge < -0.3 is 15.6 Å². The van der Waals surface area contributed by atoms with E-state index in [9.17, 15) is 0 Å². The third kappa shape index (κ3) is 2.58. The lowest BCUT2D eigenvalue weighted by Gasteiger charge is -2.12. The summed E-state index contributed by atoms with van der Waals surface area (Å²) in [4.78, 5) is 4.35. The average molecular weight is 347 g/mol. The van der Waals surface area contributed by atoms with Gasteiger partial charge >= 0.3 is 0 Å². The SMILES string of the molecule is Cc1noc(C)c1CNc1c(N)cnc2ccc(Br)cc12. The highest BCUT2D eigenvalue weighted by Crippen LogP contribution is 2.30. The van der Waals surface area contributed by atoms with Gasteiger partial charge in [0.25, 0.3) is 0 Å². The summed E-state index contributed by atoms with van der Waals surface area (Å²) in [5, 5.41) is 8.33. The van der Waals surface area contributed by atoms with Crippen LogP contribution in [-0.2, 0) is 6.54 Å². The first-order chi connectivity index (χ1) is 10.1. The van der Waals surface area contributed by atoms with Crippen LogP contribution in [-0.4, -0.2) is 10.1 Å². The molecule has 5 nitrogen and oxygen atoms in total. The first-order valence-corrected chi connectivity index (χ1v) is 7.35. The maximum absolute atomic E-state index is 6.07. The monoisotopic (exact) mass is 346 g/mol. The molecule has 0 aliphatic carbocycles. The van der Waals surface area contributed by atoms with E-state index in [1.165, 1.54) is 0 Å². The second kappa shape index (κ2) is 5.37. The van der Waals surface area contributed by atoms with E-state index in [0.29, 0.717) is 12.2 Å². The van der Waals surface area contributed by atoms with Gasteiger partial charge in [0.15, 0.2) is 0 Å². The molecule has 0 saturated heterocycles. The smallest absolute Gasteiger partial charge is 0.138 e. The molecule has 0 atom stereocenters. The molecule has 3 rings (SSSR count). The number of aromatic nitrogens is 2. The van der Waals surface area contributed by atoms with Crippen LogP contribution in [0, 0.1) is 13.8 Å². The summed E-state index contributed by atoms with van der Waals surface area (Å²) in [5.41, 5.74) is 10.4. The number of nitrogens with one attached hydrogen (secondary N) is 1. The summed E-state index contributed by atoms with van der Waals surface area (Å²) in [5.74, 6) is 0.818. The normalized spacial score (nSPS) is 11.0. The highest BCUT2D eigenvalue weighted by Gasteiger charge is 2.11. The lowest BCUT2D eigenvalue weighted by molar-refractivity contribution is 0.392. The number of anilines is 2. The van der Waals surface area contributed by atoms with Gasteiger partial charge in [-0.1, -0.05) is 21.1 Å². The quantitative estimate of drug-likeness (QED) is 0.754. The molecule has 0 unspecified atom stereocenters. The van der Waals surface area contributed by atoms with Gasteiger partial charge in [-0.3, -0.25) is 4.98 Å². The van der Waals surface area contributed by atoms with Gasteiger partial charge in [-0.2, -0.15) is 0 Å². The van der Waals surface area contributed by atoms with Gasteiger partial charge in [-0.05, 0) is 32.0 Å². The van der Waals surface area contributed by atoms with Crippen LogP contribution < -0.4 is 11.1 Å². The number of hydrogen-bond donors (Lipinski definition) is 2. The minimum absolute atomic E-state index is 0.608. The molecule has 2 aromatic heterocycles. The van der Waals surface area contributed by atoms with Gasteiger partial charge in [0, 0.05) is 22.0 Å². The number of rotatable bonds is 3. The largest absolute Gasteiger partial charge is 0.396 e. The van der Waals surface area contributed by atoms with E-state index in [1.807, 2.05) is 32.0 Å². The molecule has 0 radical (unpaired) electrons. The molecule has 0 bridgehead atoms. The Hall–Kier alpha value is -2.08. The van der Waals surface area contributed by atoms with Crippen molar-refractivity contribution < 1.29 is 4.52 Å². The summed E-state index contributed by atoms with van der Waals surface area (Å²) in [7, 11) is 0. The van der Waals surface area contributed by atoms with Crippen molar-refractivity contribution in [2.45, 2.75) is 20.4 Å². The number of pyridine rings is 1. The minimum atomic E-state index is 0.608. The zero-order valence-corrected chi connectivity index (χ0v) is 13.4. The van der Waals surface area contributed by atoms with E-state index >= 15 is 0 Å². The Kier molecular flexibility index (Phi) is 3.55. The Labute approximate surface area is 130 Å². The van der Waals surface area contributed by atoms with Crippen molar-refractivity contribution in [3.63, 3.8) is 0 Å². The second-order valence-corrected chi connectivity index (χ2v) is 5.82. The first kappa shape index (κ1) is 13.9. The average Bonchev–Trinajstić information content (AvgIpc) is 2.77. The molecular weight excluding hydrogens is 332 g/mol. The Morgan fingerprint density at radius 2 is 2.14 bits per heavy atom. The fraction of sp³-hybridized carbons (Fsp3) is 0.200. The lowest BCUT2D eigenvalue weighted by atomic mass is 10.1. The fourth-order valence-corrected chi connectivity index (χ4v) is 2.67. The predicted molar refractivity (Wildman–Crippen MR) is 87.2 cm³/mol. The Balaban J connectivity index is 2.00.